The predicted molar refractivity (Wildman–Crippen MR) is 250 cm³/mol. The van der Waals surface area contributed by atoms with Crippen LogP contribution >= 0.6 is 0 Å². The second-order valence-electron chi connectivity index (χ2n) is 17.4. The van der Waals surface area contributed by atoms with Crippen LogP contribution in [0.25, 0.3) is 76.8 Å². The highest BCUT2D eigenvalue weighted by atomic mass is 14.6. The molecule has 8 aromatic rings. The normalized spacial score (nSPS) is 16.3. The molecule has 2 unspecified atom stereocenters. The van der Waals surface area contributed by atoms with Crippen LogP contribution in [-0.2, 0) is 0 Å². The highest BCUT2D eigenvalue weighted by Gasteiger charge is 2.40. The highest BCUT2D eigenvalue weighted by Crippen LogP contribution is 2.60. The molecule has 1 heteroatoms. The maximum Gasteiger partial charge on any atom is 0.0400 e. The van der Waals surface area contributed by atoms with Gasteiger partial charge < -0.3 is 5.73 Å². The largest absolute Gasteiger partial charge is 0.398 e. The van der Waals surface area contributed by atoms with Crippen LogP contribution in [0, 0.1) is 48.5 Å². The predicted octanol–water partition coefficient (Wildman–Crippen LogP) is 15.3. The summed E-state index contributed by atoms with van der Waals surface area (Å²) in [7, 11) is 0. The van der Waals surface area contributed by atoms with Gasteiger partial charge in [0, 0.05) is 23.1 Å². The minimum Gasteiger partial charge on any atom is -0.398 e. The van der Waals surface area contributed by atoms with Gasteiger partial charge in [0.15, 0.2) is 0 Å². The second kappa shape index (κ2) is 12.2. The fourth-order valence-corrected chi connectivity index (χ4v) is 11.7. The van der Waals surface area contributed by atoms with Crippen molar-refractivity contribution in [3.63, 3.8) is 0 Å². The molecule has 8 aromatic carbocycles. The van der Waals surface area contributed by atoms with Crippen LogP contribution in [-0.4, -0.2) is 0 Å². The summed E-state index contributed by atoms with van der Waals surface area (Å²) < 4.78 is 0. The molecule has 0 aliphatic heterocycles. The zero-order chi connectivity index (χ0) is 40.0. The minimum absolute atomic E-state index is 0.196. The van der Waals surface area contributed by atoms with Crippen molar-refractivity contribution in [2.24, 2.45) is 0 Å². The van der Waals surface area contributed by atoms with Crippen molar-refractivity contribution in [3.05, 3.63) is 182 Å². The average molecular weight is 748 g/mol. The molecule has 4 aliphatic carbocycles. The Bertz CT molecular complexity index is 3270. The van der Waals surface area contributed by atoms with Gasteiger partial charge >= 0.3 is 0 Å². The van der Waals surface area contributed by atoms with Crippen molar-refractivity contribution in [3.8, 4) is 33.4 Å². The van der Waals surface area contributed by atoms with E-state index in [1.165, 1.54) is 149 Å². The van der Waals surface area contributed by atoms with E-state index in [4.69, 9.17) is 5.73 Å². The van der Waals surface area contributed by atoms with Gasteiger partial charge in [-0.1, -0.05) is 122 Å². The maximum atomic E-state index is 6.77. The average Bonchev–Trinajstić information content (AvgIpc) is 3.72. The zero-order valence-corrected chi connectivity index (χ0v) is 35.1. The first-order valence-electron chi connectivity index (χ1n) is 21.2. The molecule has 0 radical (unpaired) electrons. The van der Waals surface area contributed by atoms with E-state index in [2.05, 4.69) is 158 Å². The van der Waals surface area contributed by atoms with Gasteiger partial charge in [0.1, 0.15) is 0 Å². The number of allylic oxidation sites excluding steroid dienone is 2. The second-order valence-corrected chi connectivity index (χ2v) is 17.4. The number of rotatable bonds is 1. The topological polar surface area (TPSA) is 26.0 Å². The van der Waals surface area contributed by atoms with Crippen molar-refractivity contribution in [1.29, 1.82) is 0 Å². The van der Waals surface area contributed by atoms with E-state index in [0.717, 1.165) is 5.69 Å². The number of aryl methyl sites for hydroxylation is 7. The molecule has 58 heavy (non-hydrogen) atoms. The van der Waals surface area contributed by atoms with Crippen molar-refractivity contribution in [2.45, 2.75) is 74.1 Å². The van der Waals surface area contributed by atoms with E-state index in [-0.39, 0.29) is 11.8 Å². The van der Waals surface area contributed by atoms with E-state index >= 15 is 0 Å². The maximum absolute atomic E-state index is 6.77. The van der Waals surface area contributed by atoms with Crippen molar-refractivity contribution < 1.29 is 0 Å². The Balaban J connectivity index is 0.00000190. The lowest BCUT2D eigenvalue weighted by molar-refractivity contribution is 0.717. The lowest BCUT2D eigenvalue weighted by atomic mass is 9.66. The van der Waals surface area contributed by atoms with Gasteiger partial charge in [0.25, 0.3) is 0 Å². The summed E-state index contributed by atoms with van der Waals surface area (Å²) in [5, 5.41) is 8.15. The number of anilines is 1. The minimum atomic E-state index is 0.196. The smallest absolute Gasteiger partial charge is 0.0400 e. The summed E-state index contributed by atoms with van der Waals surface area (Å²) >= 11 is 0. The molecule has 1 nitrogen and oxygen atoms in total. The van der Waals surface area contributed by atoms with Gasteiger partial charge in [0.2, 0.25) is 0 Å². The molecular formula is C57H49N. The first-order valence-corrected chi connectivity index (χ1v) is 21.2. The molecule has 0 heterocycles. The molecule has 0 aromatic heterocycles. The highest BCUT2D eigenvalue weighted by molar-refractivity contribution is 6.29. The Morgan fingerprint density at radius 3 is 1.88 bits per heavy atom. The number of hydrogen-bond donors (Lipinski definition) is 1. The van der Waals surface area contributed by atoms with Gasteiger partial charge in [-0.25, -0.2) is 0 Å². The SMILES string of the molecule is CC.Cc1ccc2c(c1)C(c1cc3c4ccc(C)c5c4c(cc3c3c(C)cc(C)cc13)-c1cc(C)cc(C)c1-5)=CC1c3ccc(C)c4c3C(=CC21)c1cccc(N)c1-4. The van der Waals surface area contributed by atoms with Gasteiger partial charge in [-0.15, -0.1) is 0 Å². The van der Waals surface area contributed by atoms with E-state index in [0.29, 0.717) is 0 Å². The number of fused-ring (bicyclic) bond motifs is 14. The van der Waals surface area contributed by atoms with E-state index < -0.39 is 0 Å². The molecule has 0 saturated carbocycles. The molecule has 4 aliphatic rings. The summed E-state index contributed by atoms with van der Waals surface area (Å²) in [4.78, 5) is 0. The third-order valence-corrected chi connectivity index (χ3v) is 13.8. The fourth-order valence-electron chi connectivity index (χ4n) is 11.7. The monoisotopic (exact) mass is 747 g/mol. The van der Waals surface area contributed by atoms with Gasteiger partial charge in [-0.05, 0) is 194 Å². The van der Waals surface area contributed by atoms with Crippen molar-refractivity contribution >= 4 is 49.2 Å². The van der Waals surface area contributed by atoms with Crippen LogP contribution < -0.4 is 5.73 Å². The molecular weight excluding hydrogens is 699 g/mol. The first-order chi connectivity index (χ1) is 28.1. The lowest BCUT2D eigenvalue weighted by Crippen LogP contribution is -2.20. The number of nitrogen functional groups attached to an aromatic ring is 1. The Labute approximate surface area is 342 Å². The number of benzene rings is 8. The molecule has 12 rings (SSSR count). The Morgan fingerprint density at radius 2 is 1.05 bits per heavy atom. The van der Waals surface area contributed by atoms with Crippen LogP contribution in [0.2, 0.25) is 0 Å². The molecule has 0 saturated heterocycles. The molecule has 282 valence electrons. The third kappa shape index (κ3) is 4.48. The Morgan fingerprint density at radius 1 is 0.379 bits per heavy atom. The fraction of sp³-hybridized carbons (Fsp3) is 0.193. The Kier molecular flexibility index (Phi) is 7.35. The first kappa shape index (κ1) is 35.0. The number of hydrogen-bond acceptors (Lipinski definition) is 1. The molecule has 2 N–H and O–H groups in total. The zero-order valence-electron chi connectivity index (χ0n) is 35.1. The standard InChI is InChI=1S/C55H43N.C2H6/c1-26-11-14-33-37(19-26)41(22-39-35-15-13-30(5)52-53(35)45(24-38(33)39)34-9-8-10-48(56)55(34)52)42-23-40-36-16-12-29(4)51-50-32(7)18-28(3)21-44(50)47(54(36)51)25-46(40)49-31(6)17-27(2)20-43(42)49;1-2/h8-25,38-39H,56H2,1-7H3;1-2H3. The van der Waals surface area contributed by atoms with Crippen molar-refractivity contribution in [2.75, 3.05) is 5.73 Å². The molecule has 0 bridgehead atoms. The van der Waals surface area contributed by atoms with Gasteiger partial charge in [-0.2, -0.15) is 0 Å². The van der Waals surface area contributed by atoms with Crippen LogP contribution in [0.4, 0.5) is 5.69 Å². The Hall–Kier alpha value is -6.18. The van der Waals surface area contributed by atoms with E-state index in [9.17, 15) is 0 Å². The van der Waals surface area contributed by atoms with E-state index in [1.807, 2.05) is 13.8 Å². The summed E-state index contributed by atoms with van der Waals surface area (Å²) in [6.45, 7) is 19.9. The lowest BCUT2D eigenvalue weighted by Gasteiger charge is -2.37. The summed E-state index contributed by atoms with van der Waals surface area (Å²) in [6, 6.07) is 37.8. The van der Waals surface area contributed by atoms with Crippen molar-refractivity contribution in [1.82, 2.24) is 0 Å². The third-order valence-electron chi connectivity index (χ3n) is 13.8. The van der Waals surface area contributed by atoms with Crippen LogP contribution in [0.1, 0.15) is 98.0 Å². The molecule has 0 spiro atoms. The van der Waals surface area contributed by atoms with E-state index in [1.54, 1.807) is 0 Å². The quantitative estimate of drug-likeness (QED) is 0.131. The van der Waals surface area contributed by atoms with Crippen LogP contribution in [0.3, 0.4) is 0 Å². The molecule has 2 atom stereocenters. The summed E-state index contributed by atoms with van der Waals surface area (Å²) in [5.41, 5.74) is 35.8. The van der Waals surface area contributed by atoms with Crippen LogP contribution in [0.5, 0.6) is 0 Å². The summed E-state index contributed by atoms with van der Waals surface area (Å²) in [6.07, 6.45) is 5.21. The molecule has 0 amide bonds. The van der Waals surface area contributed by atoms with Crippen LogP contribution in [0.15, 0.2) is 109 Å². The summed E-state index contributed by atoms with van der Waals surface area (Å²) in [5.74, 6) is 0.421. The number of nitrogens with two attached hydrogens (primary N) is 1. The van der Waals surface area contributed by atoms with Gasteiger partial charge in [-0.3, -0.25) is 0 Å². The van der Waals surface area contributed by atoms with Gasteiger partial charge in [0.05, 0.1) is 0 Å². The molecule has 0 fully saturated rings.